The van der Waals surface area contributed by atoms with E-state index in [2.05, 4.69) is 0 Å². The molecule has 1 aromatic carbocycles. The van der Waals surface area contributed by atoms with Crippen LogP contribution in [-0.4, -0.2) is 33.7 Å². The minimum absolute atomic E-state index is 0.000733. The Bertz CT molecular complexity index is 653. The lowest BCUT2D eigenvalue weighted by Crippen LogP contribution is -2.18. The Balaban J connectivity index is 2.19. The van der Waals surface area contributed by atoms with Crippen LogP contribution in [0.2, 0.25) is 0 Å². The van der Waals surface area contributed by atoms with Gasteiger partial charge in [0.1, 0.15) is 17.3 Å². The smallest absolute Gasteiger partial charge is 0.338 e. The molecule has 0 radical (unpaired) electrons. The first-order valence-electron chi connectivity index (χ1n) is 6.32. The molecule has 21 heavy (non-hydrogen) atoms. The van der Waals surface area contributed by atoms with Crippen LogP contribution in [-0.2, 0) is 18.5 Å². The molecule has 1 unspecified atom stereocenters. The van der Waals surface area contributed by atoms with Gasteiger partial charge in [0.05, 0.1) is 11.7 Å². The molecule has 1 aliphatic rings. The van der Waals surface area contributed by atoms with Gasteiger partial charge in [0.15, 0.2) is 0 Å². The quantitative estimate of drug-likeness (QED) is 0.623. The first kappa shape index (κ1) is 16.2. The van der Waals surface area contributed by atoms with E-state index in [0.29, 0.717) is 6.61 Å². The summed E-state index contributed by atoms with van der Waals surface area (Å²) < 4.78 is 46.7. The molecular weight excluding hydrogens is 323 g/mol. The number of benzene rings is 1. The summed E-state index contributed by atoms with van der Waals surface area (Å²) in [6.07, 6.45) is 1.57. The Morgan fingerprint density at radius 1 is 1.52 bits per heavy atom. The van der Waals surface area contributed by atoms with E-state index in [-0.39, 0.29) is 23.8 Å². The largest absolute Gasteiger partial charge is 0.459 e. The second-order valence-corrected chi connectivity index (χ2v) is 7.31. The highest BCUT2D eigenvalue weighted by molar-refractivity contribution is 8.13. The van der Waals surface area contributed by atoms with E-state index >= 15 is 0 Å². The summed E-state index contributed by atoms with van der Waals surface area (Å²) in [5.74, 6) is -1.71. The van der Waals surface area contributed by atoms with Crippen LogP contribution in [0.4, 0.5) is 4.39 Å². The van der Waals surface area contributed by atoms with Gasteiger partial charge in [0.25, 0.3) is 9.05 Å². The molecule has 2 rings (SSSR count). The Morgan fingerprint density at radius 3 is 2.81 bits per heavy atom. The summed E-state index contributed by atoms with van der Waals surface area (Å²) in [5, 5.41) is 0. The monoisotopic (exact) mass is 336 g/mol. The van der Waals surface area contributed by atoms with Gasteiger partial charge in [0.2, 0.25) is 0 Å². The van der Waals surface area contributed by atoms with Crippen molar-refractivity contribution in [2.75, 3.05) is 13.2 Å². The Hall–Kier alpha value is -1.18. The SMILES string of the molecule is Cc1cc(C(=O)OCC2CCCO2)cc(S(=O)(=O)Cl)c1F. The van der Waals surface area contributed by atoms with Crippen LogP contribution in [0.1, 0.15) is 28.8 Å². The van der Waals surface area contributed by atoms with Gasteiger partial charge in [-0.15, -0.1) is 0 Å². The topological polar surface area (TPSA) is 69.7 Å². The van der Waals surface area contributed by atoms with E-state index in [1.54, 1.807) is 0 Å². The van der Waals surface area contributed by atoms with Crippen LogP contribution in [0.5, 0.6) is 0 Å². The molecule has 1 aromatic rings. The van der Waals surface area contributed by atoms with Crippen molar-refractivity contribution in [2.45, 2.75) is 30.8 Å². The van der Waals surface area contributed by atoms with Crippen LogP contribution < -0.4 is 0 Å². The zero-order valence-electron chi connectivity index (χ0n) is 11.3. The zero-order valence-corrected chi connectivity index (χ0v) is 12.8. The average molecular weight is 337 g/mol. The van der Waals surface area contributed by atoms with Gasteiger partial charge in [-0.05, 0) is 37.5 Å². The summed E-state index contributed by atoms with van der Waals surface area (Å²) >= 11 is 0. The summed E-state index contributed by atoms with van der Waals surface area (Å²) in [6.45, 7) is 2.06. The maximum absolute atomic E-state index is 13.7. The number of rotatable bonds is 4. The molecule has 5 nitrogen and oxygen atoms in total. The molecule has 1 fully saturated rings. The number of hydrogen-bond acceptors (Lipinski definition) is 5. The van der Waals surface area contributed by atoms with Gasteiger partial charge in [-0.2, -0.15) is 0 Å². The molecule has 0 aliphatic carbocycles. The lowest BCUT2D eigenvalue weighted by Gasteiger charge is -2.11. The molecule has 1 atom stereocenters. The van der Waals surface area contributed by atoms with E-state index in [1.165, 1.54) is 13.0 Å². The van der Waals surface area contributed by atoms with E-state index in [1.807, 2.05) is 0 Å². The molecule has 0 spiro atoms. The van der Waals surface area contributed by atoms with E-state index in [9.17, 15) is 17.6 Å². The van der Waals surface area contributed by atoms with Crippen LogP contribution in [0.15, 0.2) is 17.0 Å². The van der Waals surface area contributed by atoms with Crippen molar-refractivity contribution < 1.29 is 27.1 Å². The highest BCUT2D eigenvalue weighted by Crippen LogP contribution is 2.24. The molecular formula is C13H14ClFO5S. The number of halogens is 2. The van der Waals surface area contributed by atoms with Crippen molar-refractivity contribution in [1.29, 1.82) is 0 Å². The van der Waals surface area contributed by atoms with Gasteiger partial charge < -0.3 is 9.47 Å². The summed E-state index contributed by atoms with van der Waals surface area (Å²) in [5.41, 5.74) is -0.0630. The van der Waals surface area contributed by atoms with Crippen molar-refractivity contribution in [3.63, 3.8) is 0 Å². The third-order valence-corrected chi connectivity index (χ3v) is 4.46. The van der Waals surface area contributed by atoms with Crippen molar-refractivity contribution in [3.05, 3.63) is 29.1 Å². The number of hydrogen-bond donors (Lipinski definition) is 0. The summed E-state index contributed by atoms with van der Waals surface area (Å²) in [7, 11) is 0.875. The van der Waals surface area contributed by atoms with Crippen molar-refractivity contribution in [1.82, 2.24) is 0 Å². The molecule has 0 N–H and O–H groups in total. The van der Waals surface area contributed by atoms with E-state index in [0.717, 1.165) is 18.9 Å². The molecule has 0 amide bonds. The number of esters is 1. The lowest BCUT2D eigenvalue weighted by molar-refractivity contribution is 0.0161. The Kier molecular flexibility index (Phi) is 4.85. The van der Waals surface area contributed by atoms with Crippen LogP contribution in [0.25, 0.3) is 0 Å². The summed E-state index contributed by atoms with van der Waals surface area (Å²) in [4.78, 5) is 11.2. The number of ether oxygens (including phenoxy) is 2. The average Bonchev–Trinajstić information content (AvgIpc) is 2.90. The van der Waals surface area contributed by atoms with Crippen molar-refractivity contribution in [2.24, 2.45) is 0 Å². The normalized spacial score (nSPS) is 18.7. The van der Waals surface area contributed by atoms with Gasteiger partial charge in [-0.3, -0.25) is 0 Å². The fraction of sp³-hybridized carbons (Fsp3) is 0.462. The fourth-order valence-corrected chi connectivity index (χ4v) is 3.04. The van der Waals surface area contributed by atoms with Crippen LogP contribution in [0, 0.1) is 12.7 Å². The maximum Gasteiger partial charge on any atom is 0.338 e. The number of aryl methyl sites for hydroxylation is 1. The molecule has 0 aromatic heterocycles. The molecule has 0 bridgehead atoms. The van der Waals surface area contributed by atoms with Crippen LogP contribution >= 0.6 is 10.7 Å². The first-order valence-corrected chi connectivity index (χ1v) is 8.63. The van der Waals surface area contributed by atoms with Gasteiger partial charge in [0, 0.05) is 17.3 Å². The predicted molar refractivity (Wildman–Crippen MR) is 73.4 cm³/mol. The fourth-order valence-electron chi connectivity index (χ4n) is 2.06. The third kappa shape index (κ3) is 3.93. The molecule has 8 heteroatoms. The second kappa shape index (κ2) is 6.29. The highest BCUT2D eigenvalue weighted by atomic mass is 35.7. The number of carbonyl (C=O) groups is 1. The van der Waals surface area contributed by atoms with Gasteiger partial charge in [-0.1, -0.05) is 0 Å². The highest BCUT2D eigenvalue weighted by Gasteiger charge is 2.23. The molecule has 1 aliphatic heterocycles. The first-order chi connectivity index (χ1) is 9.79. The predicted octanol–water partition coefficient (Wildman–Crippen LogP) is 2.40. The van der Waals surface area contributed by atoms with Gasteiger partial charge in [-0.25, -0.2) is 17.6 Å². The zero-order chi connectivity index (χ0) is 15.6. The molecule has 1 saturated heterocycles. The Labute approximate surface area is 126 Å². The van der Waals surface area contributed by atoms with Crippen molar-refractivity contribution in [3.8, 4) is 0 Å². The van der Waals surface area contributed by atoms with Crippen molar-refractivity contribution >= 4 is 25.7 Å². The van der Waals surface area contributed by atoms with E-state index < -0.39 is 25.7 Å². The number of carbonyl (C=O) groups excluding carboxylic acids is 1. The molecule has 1 heterocycles. The minimum atomic E-state index is -4.28. The molecule has 0 saturated carbocycles. The van der Waals surface area contributed by atoms with Gasteiger partial charge >= 0.3 is 5.97 Å². The maximum atomic E-state index is 13.7. The lowest BCUT2D eigenvalue weighted by atomic mass is 10.1. The second-order valence-electron chi connectivity index (χ2n) is 4.78. The van der Waals surface area contributed by atoms with E-state index in [4.69, 9.17) is 20.2 Å². The Morgan fingerprint density at radius 2 is 2.24 bits per heavy atom. The standard InChI is InChI=1S/C13H14ClFO5S/c1-8-5-9(6-11(12(8)15)21(14,17)18)13(16)20-7-10-3-2-4-19-10/h5-6,10H,2-4,7H2,1H3. The minimum Gasteiger partial charge on any atom is -0.459 e. The third-order valence-electron chi connectivity index (χ3n) is 3.14. The molecule has 116 valence electrons. The summed E-state index contributed by atoms with van der Waals surface area (Å²) in [6, 6.07) is 2.10. The van der Waals surface area contributed by atoms with Crippen LogP contribution in [0.3, 0.4) is 0 Å².